The Morgan fingerprint density at radius 3 is 2.67 bits per heavy atom. The monoisotopic (exact) mass is 264 g/mol. The lowest BCUT2D eigenvalue weighted by Gasteiger charge is -2.06. The lowest BCUT2D eigenvalue weighted by molar-refractivity contribution is 0.665. The highest BCUT2D eigenvalue weighted by atomic mass is 79.9. The van der Waals surface area contributed by atoms with Crippen molar-refractivity contribution in [3.8, 4) is 0 Å². The summed E-state index contributed by atoms with van der Waals surface area (Å²) < 4.78 is 3.15. The van der Waals surface area contributed by atoms with Crippen molar-refractivity contribution in [3.63, 3.8) is 0 Å². The van der Waals surface area contributed by atoms with Gasteiger partial charge in [-0.1, -0.05) is 28.1 Å². The SMILES string of the molecule is Cc1ccc(Cn2nccc2C)cc1Br. The fourth-order valence-electron chi connectivity index (χ4n) is 1.47. The van der Waals surface area contributed by atoms with Gasteiger partial charge < -0.3 is 0 Å². The van der Waals surface area contributed by atoms with Crippen molar-refractivity contribution >= 4 is 15.9 Å². The molecule has 3 heteroatoms. The molecule has 2 rings (SSSR count). The molecular weight excluding hydrogens is 252 g/mol. The first-order chi connectivity index (χ1) is 7.16. The number of nitrogens with zero attached hydrogens (tertiary/aromatic N) is 2. The average Bonchev–Trinajstić information content (AvgIpc) is 2.59. The normalized spacial score (nSPS) is 10.6. The highest BCUT2D eigenvalue weighted by molar-refractivity contribution is 9.10. The number of halogens is 1. The minimum absolute atomic E-state index is 0.831. The predicted octanol–water partition coefficient (Wildman–Crippen LogP) is 3.31. The molecule has 0 saturated carbocycles. The van der Waals surface area contributed by atoms with Gasteiger partial charge in [0.2, 0.25) is 0 Å². The maximum Gasteiger partial charge on any atom is 0.0662 e. The molecule has 1 aromatic carbocycles. The van der Waals surface area contributed by atoms with Gasteiger partial charge in [-0.3, -0.25) is 4.68 Å². The van der Waals surface area contributed by atoms with Crippen LogP contribution in [0, 0.1) is 13.8 Å². The Kier molecular flexibility index (Phi) is 2.91. The van der Waals surface area contributed by atoms with Gasteiger partial charge in [0.1, 0.15) is 0 Å². The molecule has 0 atom stereocenters. The Morgan fingerprint density at radius 2 is 2.07 bits per heavy atom. The smallest absolute Gasteiger partial charge is 0.0662 e. The predicted molar refractivity (Wildman–Crippen MR) is 64.9 cm³/mol. The summed E-state index contributed by atoms with van der Waals surface area (Å²) in [7, 11) is 0. The van der Waals surface area contributed by atoms with Crippen LogP contribution in [0.1, 0.15) is 16.8 Å². The summed E-state index contributed by atoms with van der Waals surface area (Å²) in [5, 5.41) is 4.26. The van der Waals surface area contributed by atoms with Crippen molar-refractivity contribution in [1.29, 1.82) is 0 Å². The summed E-state index contributed by atoms with van der Waals surface area (Å²) in [6, 6.07) is 8.43. The van der Waals surface area contributed by atoms with Gasteiger partial charge in [0, 0.05) is 16.4 Å². The zero-order valence-electron chi connectivity index (χ0n) is 8.87. The molecule has 0 bridgehead atoms. The summed E-state index contributed by atoms with van der Waals surface area (Å²) in [5.74, 6) is 0. The Morgan fingerprint density at radius 1 is 1.27 bits per heavy atom. The fourth-order valence-corrected chi connectivity index (χ4v) is 1.90. The number of aromatic nitrogens is 2. The minimum atomic E-state index is 0.831. The van der Waals surface area contributed by atoms with Gasteiger partial charge in [0.15, 0.2) is 0 Å². The van der Waals surface area contributed by atoms with E-state index < -0.39 is 0 Å². The zero-order chi connectivity index (χ0) is 10.8. The highest BCUT2D eigenvalue weighted by Crippen LogP contribution is 2.18. The first kappa shape index (κ1) is 10.4. The Hall–Kier alpha value is -1.09. The van der Waals surface area contributed by atoms with Gasteiger partial charge in [0.25, 0.3) is 0 Å². The van der Waals surface area contributed by atoms with Gasteiger partial charge in [-0.05, 0) is 37.1 Å². The van der Waals surface area contributed by atoms with E-state index in [1.54, 1.807) is 0 Å². The van der Waals surface area contributed by atoms with E-state index >= 15 is 0 Å². The maximum atomic E-state index is 4.26. The molecule has 0 unspecified atom stereocenters. The van der Waals surface area contributed by atoms with Gasteiger partial charge in [0.05, 0.1) is 6.54 Å². The van der Waals surface area contributed by atoms with Crippen LogP contribution in [0.25, 0.3) is 0 Å². The maximum absolute atomic E-state index is 4.26. The summed E-state index contributed by atoms with van der Waals surface area (Å²) in [6.45, 7) is 4.99. The van der Waals surface area contributed by atoms with Crippen LogP contribution < -0.4 is 0 Å². The summed E-state index contributed by atoms with van der Waals surface area (Å²) >= 11 is 3.54. The van der Waals surface area contributed by atoms with Gasteiger partial charge in [-0.25, -0.2) is 0 Å². The van der Waals surface area contributed by atoms with Crippen LogP contribution in [-0.2, 0) is 6.54 Å². The highest BCUT2D eigenvalue weighted by Gasteiger charge is 2.01. The van der Waals surface area contributed by atoms with Gasteiger partial charge >= 0.3 is 0 Å². The number of rotatable bonds is 2. The molecule has 1 aromatic heterocycles. The molecule has 0 aliphatic carbocycles. The zero-order valence-corrected chi connectivity index (χ0v) is 10.5. The van der Waals surface area contributed by atoms with E-state index in [-0.39, 0.29) is 0 Å². The number of benzene rings is 1. The van der Waals surface area contributed by atoms with Gasteiger partial charge in [-0.15, -0.1) is 0 Å². The molecular formula is C12H13BrN2. The number of hydrogen-bond donors (Lipinski definition) is 0. The van der Waals surface area contributed by atoms with E-state index in [0.29, 0.717) is 0 Å². The third kappa shape index (κ3) is 2.29. The molecule has 0 saturated heterocycles. The summed E-state index contributed by atoms with van der Waals surface area (Å²) in [4.78, 5) is 0. The van der Waals surface area contributed by atoms with E-state index in [1.807, 2.05) is 16.9 Å². The van der Waals surface area contributed by atoms with Crippen molar-refractivity contribution in [1.82, 2.24) is 9.78 Å². The standard InChI is InChI=1S/C12H13BrN2/c1-9-3-4-11(7-12(9)13)8-15-10(2)5-6-14-15/h3-7H,8H2,1-2H3. The first-order valence-electron chi connectivity index (χ1n) is 4.90. The quantitative estimate of drug-likeness (QED) is 0.814. The molecule has 0 fully saturated rings. The molecule has 0 spiro atoms. The molecule has 1 heterocycles. The number of aryl methyl sites for hydroxylation is 2. The van der Waals surface area contributed by atoms with Gasteiger partial charge in [-0.2, -0.15) is 5.10 Å². The molecule has 2 nitrogen and oxygen atoms in total. The second kappa shape index (κ2) is 4.19. The molecule has 2 aromatic rings. The van der Waals surface area contributed by atoms with Crippen molar-refractivity contribution < 1.29 is 0 Å². The van der Waals surface area contributed by atoms with E-state index in [4.69, 9.17) is 0 Å². The lowest BCUT2D eigenvalue weighted by Crippen LogP contribution is -2.03. The van der Waals surface area contributed by atoms with Crippen LogP contribution in [0.15, 0.2) is 34.9 Å². The molecule has 0 aliphatic rings. The second-order valence-electron chi connectivity index (χ2n) is 3.71. The third-order valence-corrected chi connectivity index (χ3v) is 3.35. The van der Waals surface area contributed by atoms with E-state index in [1.165, 1.54) is 16.8 Å². The van der Waals surface area contributed by atoms with Crippen LogP contribution in [0.3, 0.4) is 0 Å². The molecule has 0 radical (unpaired) electrons. The van der Waals surface area contributed by atoms with Crippen molar-refractivity contribution in [2.75, 3.05) is 0 Å². The van der Waals surface area contributed by atoms with E-state index in [2.05, 4.69) is 53.1 Å². The molecule has 0 N–H and O–H groups in total. The second-order valence-corrected chi connectivity index (χ2v) is 4.57. The third-order valence-electron chi connectivity index (χ3n) is 2.50. The topological polar surface area (TPSA) is 17.8 Å². The summed E-state index contributed by atoms with van der Waals surface area (Å²) in [6.07, 6.45) is 1.83. The molecule has 15 heavy (non-hydrogen) atoms. The van der Waals surface area contributed by atoms with Crippen LogP contribution in [0.5, 0.6) is 0 Å². The van der Waals surface area contributed by atoms with Crippen molar-refractivity contribution in [2.45, 2.75) is 20.4 Å². The number of hydrogen-bond acceptors (Lipinski definition) is 1. The van der Waals surface area contributed by atoms with Crippen LogP contribution >= 0.6 is 15.9 Å². The van der Waals surface area contributed by atoms with Crippen LogP contribution in [-0.4, -0.2) is 9.78 Å². The minimum Gasteiger partial charge on any atom is -0.265 e. The van der Waals surface area contributed by atoms with Crippen LogP contribution in [0.2, 0.25) is 0 Å². The van der Waals surface area contributed by atoms with Crippen LogP contribution in [0.4, 0.5) is 0 Å². The molecule has 78 valence electrons. The largest absolute Gasteiger partial charge is 0.265 e. The Balaban J connectivity index is 2.25. The van der Waals surface area contributed by atoms with E-state index in [0.717, 1.165) is 11.0 Å². The Labute approximate surface area is 98.1 Å². The Bertz CT molecular complexity index is 474. The lowest BCUT2D eigenvalue weighted by atomic mass is 10.1. The molecule has 0 amide bonds. The summed E-state index contributed by atoms with van der Waals surface area (Å²) in [5.41, 5.74) is 3.71. The molecule has 0 aliphatic heterocycles. The average molecular weight is 265 g/mol. The van der Waals surface area contributed by atoms with Crippen molar-refractivity contribution in [2.24, 2.45) is 0 Å². The first-order valence-corrected chi connectivity index (χ1v) is 5.69. The van der Waals surface area contributed by atoms with E-state index in [9.17, 15) is 0 Å². The van der Waals surface area contributed by atoms with Crippen molar-refractivity contribution in [3.05, 3.63) is 51.8 Å². The fraction of sp³-hybridized carbons (Fsp3) is 0.250.